The molecule has 0 aromatic heterocycles. The van der Waals surface area contributed by atoms with Gasteiger partial charge >= 0.3 is 0 Å². The van der Waals surface area contributed by atoms with Gasteiger partial charge in [0.1, 0.15) is 18.3 Å². The van der Waals surface area contributed by atoms with Crippen molar-refractivity contribution < 1.29 is 22.7 Å². The zero-order valence-electron chi connectivity index (χ0n) is 22.3. The molecule has 1 N–H and O–H groups in total. The fourth-order valence-corrected chi connectivity index (χ4v) is 5.43. The molecule has 0 unspecified atom stereocenters. The van der Waals surface area contributed by atoms with E-state index in [1.165, 1.54) is 24.1 Å². The van der Waals surface area contributed by atoms with Crippen LogP contribution < -0.4 is 14.4 Å². The Hall–Kier alpha value is -3.85. The minimum atomic E-state index is -4.12. The smallest absolute Gasteiger partial charge is 0.264 e. The van der Waals surface area contributed by atoms with E-state index in [1.807, 2.05) is 38.1 Å². The average molecular weight is 538 g/mol. The number of carbonyl (C=O) groups excluding carboxylic acids is 2. The molecule has 202 valence electrons. The second-order valence-electron chi connectivity index (χ2n) is 9.00. The Morgan fingerprint density at radius 2 is 1.68 bits per heavy atom. The second kappa shape index (κ2) is 13.1. The summed E-state index contributed by atoms with van der Waals surface area (Å²) >= 11 is 0. The number of sulfonamides is 1. The molecule has 0 fully saturated rings. The molecule has 38 heavy (non-hydrogen) atoms. The molecular weight excluding hydrogens is 502 g/mol. The van der Waals surface area contributed by atoms with E-state index in [1.54, 1.807) is 49.4 Å². The maximum absolute atomic E-state index is 13.9. The van der Waals surface area contributed by atoms with Gasteiger partial charge in [0.15, 0.2) is 0 Å². The first-order chi connectivity index (χ1) is 18.2. The van der Waals surface area contributed by atoms with Crippen LogP contribution in [0.25, 0.3) is 0 Å². The van der Waals surface area contributed by atoms with Crippen molar-refractivity contribution in [3.05, 3.63) is 90.0 Å². The normalized spacial score (nSPS) is 11.9. The quantitative estimate of drug-likeness (QED) is 0.375. The van der Waals surface area contributed by atoms with Crippen molar-refractivity contribution >= 4 is 27.5 Å². The van der Waals surface area contributed by atoms with Crippen LogP contribution in [0.4, 0.5) is 5.69 Å². The zero-order chi connectivity index (χ0) is 27.7. The highest BCUT2D eigenvalue weighted by molar-refractivity contribution is 7.92. The van der Waals surface area contributed by atoms with Crippen LogP contribution in [0, 0.1) is 6.92 Å². The van der Waals surface area contributed by atoms with Crippen molar-refractivity contribution in [3.8, 4) is 5.75 Å². The number of rotatable bonds is 12. The van der Waals surface area contributed by atoms with Gasteiger partial charge in [-0.1, -0.05) is 61.0 Å². The van der Waals surface area contributed by atoms with Gasteiger partial charge in [0, 0.05) is 19.2 Å². The Kier molecular flexibility index (Phi) is 9.90. The summed E-state index contributed by atoms with van der Waals surface area (Å²) in [7, 11) is -2.63. The van der Waals surface area contributed by atoms with Gasteiger partial charge < -0.3 is 15.0 Å². The van der Waals surface area contributed by atoms with E-state index in [9.17, 15) is 18.0 Å². The number of amides is 2. The largest absolute Gasteiger partial charge is 0.497 e. The molecule has 2 amide bonds. The molecule has 0 spiro atoms. The summed E-state index contributed by atoms with van der Waals surface area (Å²) in [5, 5.41) is 2.84. The van der Waals surface area contributed by atoms with E-state index in [4.69, 9.17) is 4.74 Å². The summed E-state index contributed by atoms with van der Waals surface area (Å²) in [6, 6.07) is 21.3. The third-order valence-electron chi connectivity index (χ3n) is 6.10. The van der Waals surface area contributed by atoms with Crippen LogP contribution in [0.1, 0.15) is 31.4 Å². The third kappa shape index (κ3) is 7.13. The number of benzene rings is 3. The maximum Gasteiger partial charge on any atom is 0.264 e. The molecular formula is C29H35N3O5S. The summed E-state index contributed by atoms with van der Waals surface area (Å²) in [4.78, 5) is 28.3. The number of nitrogens with one attached hydrogen (secondary N) is 1. The number of anilines is 1. The maximum atomic E-state index is 13.9. The van der Waals surface area contributed by atoms with Crippen LogP contribution in [0.5, 0.6) is 5.75 Å². The van der Waals surface area contributed by atoms with Gasteiger partial charge in [-0.2, -0.15) is 0 Å². The SMILES string of the molecule is CCCNC(=O)[C@@H](C)N(Cc1cccc(C)c1)C(=O)CN(c1cccc(OC)c1)S(=O)(=O)c1ccccc1. The fourth-order valence-electron chi connectivity index (χ4n) is 4.00. The fraction of sp³-hybridized carbons (Fsp3) is 0.310. The van der Waals surface area contributed by atoms with Crippen molar-refractivity contribution in [1.82, 2.24) is 10.2 Å². The molecule has 9 heteroatoms. The zero-order valence-corrected chi connectivity index (χ0v) is 23.1. The lowest BCUT2D eigenvalue weighted by molar-refractivity contribution is -0.139. The van der Waals surface area contributed by atoms with Crippen LogP contribution in [0.2, 0.25) is 0 Å². The Morgan fingerprint density at radius 3 is 2.34 bits per heavy atom. The van der Waals surface area contributed by atoms with Crippen LogP contribution in [-0.4, -0.2) is 51.4 Å². The topological polar surface area (TPSA) is 96.0 Å². The van der Waals surface area contributed by atoms with Crippen molar-refractivity contribution in [2.45, 2.75) is 44.7 Å². The first-order valence-electron chi connectivity index (χ1n) is 12.5. The summed E-state index contributed by atoms with van der Waals surface area (Å²) < 4.78 is 33.9. The predicted octanol–water partition coefficient (Wildman–Crippen LogP) is 4.14. The third-order valence-corrected chi connectivity index (χ3v) is 7.89. The summed E-state index contributed by atoms with van der Waals surface area (Å²) in [5.74, 6) is -0.355. The standard InChI is InChI=1S/C29H35N3O5S/c1-5-17-30-29(34)23(3)31(20-24-12-9-11-22(2)18-24)28(33)21-32(25-13-10-14-26(19-25)37-4)38(35,36)27-15-7-6-8-16-27/h6-16,18-19,23H,5,17,20-21H2,1-4H3,(H,30,34)/t23-/m1/s1. The highest BCUT2D eigenvalue weighted by Crippen LogP contribution is 2.27. The van der Waals surface area contributed by atoms with Crippen molar-refractivity contribution in [2.75, 3.05) is 24.5 Å². The van der Waals surface area contributed by atoms with Gasteiger partial charge in [0.25, 0.3) is 10.0 Å². The Balaban J connectivity index is 2.03. The van der Waals surface area contributed by atoms with Crippen LogP contribution in [-0.2, 0) is 26.2 Å². The van der Waals surface area contributed by atoms with E-state index in [0.29, 0.717) is 12.3 Å². The molecule has 1 atom stereocenters. The molecule has 0 saturated heterocycles. The molecule has 0 aliphatic rings. The van der Waals surface area contributed by atoms with Crippen LogP contribution >= 0.6 is 0 Å². The van der Waals surface area contributed by atoms with Gasteiger partial charge in [0.05, 0.1) is 17.7 Å². The first-order valence-corrected chi connectivity index (χ1v) is 14.0. The number of hydrogen-bond acceptors (Lipinski definition) is 5. The first kappa shape index (κ1) is 28.7. The molecule has 3 aromatic rings. The number of ether oxygens (including phenoxy) is 1. The Bertz CT molecular complexity index is 1350. The molecule has 0 bridgehead atoms. The molecule has 8 nitrogen and oxygen atoms in total. The Morgan fingerprint density at radius 1 is 0.974 bits per heavy atom. The van der Waals surface area contributed by atoms with E-state index in [-0.39, 0.29) is 23.0 Å². The van der Waals surface area contributed by atoms with Gasteiger partial charge in [-0.15, -0.1) is 0 Å². The number of aryl methyl sites for hydroxylation is 1. The van der Waals surface area contributed by atoms with Crippen molar-refractivity contribution in [1.29, 1.82) is 0 Å². The molecule has 0 saturated carbocycles. The lowest BCUT2D eigenvalue weighted by Gasteiger charge is -2.32. The van der Waals surface area contributed by atoms with Crippen molar-refractivity contribution in [3.63, 3.8) is 0 Å². The van der Waals surface area contributed by atoms with Gasteiger partial charge in [-0.05, 0) is 50.1 Å². The number of methoxy groups -OCH3 is 1. The predicted molar refractivity (Wildman–Crippen MR) is 148 cm³/mol. The Labute approximate surface area is 225 Å². The number of nitrogens with zero attached hydrogens (tertiary/aromatic N) is 2. The highest BCUT2D eigenvalue weighted by atomic mass is 32.2. The molecule has 0 aliphatic carbocycles. The van der Waals surface area contributed by atoms with Gasteiger partial charge in [-0.3, -0.25) is 13.9 Å². The number of carbonyl (C=O) groups is 2. The van der Waals surface area contributed by atoms with E-state index in [2.05, 4.69) is 5.32 Å². The van der Waals surface area contributed by atoms with E-state index < -0.39 is 28.5 Å². The van der Waals surface area contributed by atoms with Crippen molar-refractivity contribution in [2.24, 2.45) is 0 Å². The minimum absolute atomic E-state index is 0.0505. The van der Waals surface area contributed by atoms with E-state index in [0.717, 1.165) is 21.9 Å². The van der Waals surface area contributed by atoms with Gasteiger partial charge in [0.2, 0.25) is 11.8 Å². The highest BCUT2D eigenvalue weighted by Gasteiger charge is 2.32. The molecule has 0 heterocycles. The number of hydrogen-bond donors (Lipinski definition) is 1. The minimum Gasteiger partial charge on any atom is -0.497 e. The second-order valence-corrected chi connectivity index (χ2v) is 10.9. The molecule has 3 aromatic carbocycles. The summed E-state index contributed by atoms with van der Waals surface area (Å²) in [6.07, 6.45) is 0.753. The molecule has 0 radical (unpaired) electrons. The molecule has 0 aliphatic heterocycles. The lowest BCUT2D eigenvalue weighted by Crippen LogP contribution is -2.51. The van der Waals surface area contributed by atoms with Crippen LogP contribution in [0.3, 0.4) is 0 Å². The lowest BCUT2D eigenvalue weighted by atomic mass is 10.1. The molecule has 3 rings (SSSR count). The monoisotopic (exact) mass is 537 g/mol. The summed E-state index contributed by atoms with van der Waals surface area (Å²) in [6.45, 7) is 5.68. The summed E-state index contributed by atoms with van der Waals surface area (Å²) in [5.41, 5.74) is 2.13. The average Bonchev–Trinajstić information content (AvgIpc) is 2.93. The van der Waals surface area contributed by atoms with Gasteiger partial charge in [-0.25, -0.2) is 8.42 Å². The van der Waals surface area contributed by atoms with Crippen LogP contribution in [0.15, 0.2) is 83.8 Å². The van der Waals surface area contributed by atoms with E-state index >= 15 is 0 Å².